The molecule has 0 spiro atoms. The van der Waals surface area contributed by atoms with Crippen molar-refractivity contribution in [3.05, 3.63) is 0 Å². The van der Waals surface area contributed by atoms with Gasteiger partial charge in [0.1, 0.15) is 0 Å². The van der Waals surface area contributed by atoms with E-state index in [1.54, 1.807) is 20.8 Å². The van der Waals surface area contributed by atoms with Crippen molar-refractivity contribution < 1.29 is 22.7 Å². The van der Waals surface area contributed by atoms with Crippen LogP contribution in [0.4, 0.5) is 13.2 Å². The number of carbonyl (C=O) groups excluding carboxylic acids is 1. The van der Waals surface area contributed by atoms with Gasteiger partial charge in [0.25, 0.3) is 0 Å². The van der Waals surface area contributed by atoms with E-state index in [-0.39, 0.29) is 19.2 Å². The van der Waals surface area contributed by atoms with Crippen LogP contribution in [0.15, 0.2) is 0 Å². The van der Waals surface area contributed by atoms with E-state index in [0.29, 0.717) is 0 Å². The lowest BCUT2D eigenvalue weighted by molar-refractivity contribution is -0.187. The van der Waals surface area contributed by atoms with Gasteiger partial charge >= 0.3 is 12.1 Å². The van der Waals surface area contributed by atoms with Crippen LogP contribution in [0.5, 0.6) is 0 Å². The van der Waals surface area contributed by atoms with E-state index in [2.05, 4.69) is 0 Å². The van der Waals surface area contributed by atoms with Crippen molar-refractivity contribution in [1.29, 1.82) is 0 Å². The summed E-state index contributed by atoms with van der Waals surface area (Å²) in [4.78, 5) is 11.7. The summed E-state index contributed by atoms with van der Waals surface area (Å²) in [6, 6.07) is 0. The summed E-state index contributed by atoms with van der Waals surface area (Å²) in [7, 11) is 0. The Morgan fingerprint density at radius 1 is 1.31 bits per heavy atom. The summed E-state index contributed by atoms with van der Waals surface area (Å²) < 4.78 is 41.8. The Labute approximate surface area is 93.6 Å². The SMILES string of the molecule is CCN(CC(C)OC(C)C)C(=O)C(F)(F)F. The van der Waals surface area contributed by atoms with Crippen molar-refractivity contribution in [2.24, 2.45) is 0 Å². The number of ether oxygens (including phenoxy) is 1. The van der Waals surface area contributed by atoms with Gasteiger partial charge < -0.3 is 9.64 Å². The van der Waals surface area contributed by atoms with Gasteiger partial charge in [-0.05, 0) is 27.7 Å². The van der Waals surface area contributed by atoms with E-state index in [0.717, 1.165) is 4.90 Å². The third kappa shape index (κ3) is 5.34. The van der Waals surface area contributed by atoms with Crippen molar-refractivity contribution in [2.45, 2.75) is 46.1 Å². The molecule has 0 saturated carbocycles. The molecule has 0 N–H and O–H groups in total. The fourth-order valence-electron chi connectivity index (χ4n) is 1.35. The van der Waals surface area contributed by atoms with Crippen molar-refractivity contribution in [3.63, 3.8) is 0 Å². The van der Waals surface area contributed by atoms with Crippen LogP contribution in [0.2, 0.25) is 0 Å². The van der Waals surface area contributed by atoms with Gasteiger partial charge in [0, 0.05) is 13.1 Å². The fraction of sp³-hybridized carbons (Fsp3) is 0.900. The molecule has 0 aromatic heterocycles. The van der Waals surface area contributed by atoms with Crippen molar-refractivity contribution >= 4 is 5.91 Å². The van der Waals surface area contributed by atoms with Crippen LogP contribution in [-0.4, -0.2) is 42.3 Å². The van der Waals surface area contributed by atoms with Gasteiger partial charge in [-0.1, -0.05) is 0 Å². The maximum absolute atomic E-state index is 12.2. The normalized spacial score (nSPS) is 14.0. The second kappa shape index (κ2) is 6.08. The molecule has 96 valence electrons. The number of halogens is 3. The summed E-state index contributed by atoms with van der Waals surface area (Å²) in [6.45, 7) is 6.70. The zero-order valence-electron chi connectivity index (χ0n) is 9.97. The third-order valence-corrected chi connectivity index (χ3v) is 1.89. The highest BCUT2D eigenvalue weighted by Crippen LogP contribution is 2.18. The van der Waals surface area contributed by atoms with Crippen LogP contribution in [0.3, 0.4) is 0 Å². The molecule has 0 aliphatic rings. The second-order valence-corrected chi connectivity index (χ2v) is 3.84. The molecule has 1 atom stereocenters. The lowest BCUT2D eigenvalue weighted by Crippen LogP contribution is -2.44. The van der Waals surface area contributed by atoms with Crippen LogP contribution >= 0.6 is 0 Å². The van der Waals surface area contributed by atoms with Gasteiger partial charge in [-0.25, -0.2) is 0 Å². The Kier molecular flexibility index (Phi) is 5.78. The molecule has 0 rings (SSSR count). The topological polar surface area (TPSA) is 29.5 Å². The van der Waals surface area contributed by atoms with Gasteiger partial charge in [-0.3, -0.25) is 4.79 Å². The third-order valence-electron chi connectivity index (χ3n) is 1.89. The van der Waals surface area contributed by atoms with Crippen LogP contribution in [-0.2, 0) is 9.53 Å². The van der Waals surface area contributed by atoms with Crippen molar-refractivity contribution in [3.8, 4) is 0 Å². The van der Waals surface area contributed by atoms with Gasteiger partial charge in [0.15, 0.2) is 0 Å². The molecule has 0 aromatic carbocycles. The lowest BCUT2D eigenvalue weighted by atomic mass is 10.3. The summed E-state index contributed by atoms with van der Waals surface area (Å²) in [6.07, 6.45) is -5.30. The van der Waals surface area contributed by atoms with Crippen LogP contribution in [0.1, 0.15) is 27.7 Å². The lowest BCUT2D eigenvalue weighted by Gasteiger charge is -2.26. The first-order valence-corrected chi connectivity index (χ1v) is 5.20. The van der Waals surface area contributed by atoms with Crippen molar-refractivity contribution in [2.75, 3.05) is 13.1 Å². The minimum Gasteiger partial charge on any atom is -0.374 e. The smallest absolute Gasteiger partial charge is 0.374 e. The van der Waals surface area contributed by atoms with Gasteiger partial charge in [0.2, 0.25) is 0 Å². The zero-order chi connectivity index (χ0) is 12.9. The number of carbonyl (C=O) groups is 1. The molecule has 0 aliphatic carbocycles. The molecule has 0 radical (unpaired) electrons. The summed E-state index contributed by atoms with van der Waals surface area (Å²) in [5.41, 5.74) is 0. The van der Waals surface area contributed by atoms with E-state index in [1.165, 1.54) is 6.92 Å². The molecular weight excluding hydrogens is 223 g/mol. The Morgan fingerprint density at radius 3 is 2.12 bits per heavy atom. The molecule has 16 heavy (non-hydrogen) atoms. The Balaban J connectivity index is 4.36. The number of hydrogen-bond donors (Lipinski definition) is 0. The first kappa shape index (κ1) is 15.2. The number of likely N-dealkylation sites (N-methyl/N-ethyl adjacent to an activating group) is 1. The second-order valence-electron chi connectivity index (χ2n) is 3.84. The molecule has 0 aromatic rings. The Bertz CT molecular complexity index is 229. The van der Waals surface area contributed by atoms with E-state index in [4.69, 9.17) is 4.74 Å². The van der Waals surface area contributed by atoms with Crippen LogP contribution in [0.25, 0.3) is 0 Å². The first-order valence-electron chi connectivity index (χ1n) is 5.20. The predicted octanol–water partition coefficient (Wildman–Crippen LogP) is 2.21. The van der Waals surface area contributed by atoms with Gasteiger partial charge in [0.05, 0.1) is 12.2 Å². The quantitative estimate of drug-likeness (QED) is 0.738. The number of nitrogens with zero attached hydrogens (tertiary/aromatic N) is 1. The summed E-state index contributed by atoms with van der Waals surface area (Å²) in [5.74, 6) is -1.81. The number of amides is 1. The molecule has 6 heteroatoms. The Hall–Kier alpha value is -0.780. The standard InChI is InChI=1S/C10H18F3NO2/c1-5-14(9(15)10(11,12)13)6-8(4)16-7(2)3/h7-8H,5-6H2,1-4H3. The van der Waals surface area contributed by atoms with Gasteiger partial charge in [-0.15, -0.1) is 0 Å². The number of alkyl halides is 3. The molecule has 0 fully saturated rings. The predicted molar refractivity (Wildman–Crippen MR) is 54.0 cm³/mol. The van der Waals surface area contributed by atoms with Gasteiger partial charge in [-0.2, -0.15) is 13.2 Å². The molecule has 0 saturated heterocycles. The summed E-state index contributed by atoms with van der Waals surface area (Å²) in [5, 5.41) is 0. The average Bonchev–Trinajstić information content (AvgIpc) is 2.10. The minimum absolute atomic E-state index is 0.0180. The molecule has 1 unspecified atom stereocenters. The van der Waals surface area contributed by atoms with E-state index in [9.17, 15) is 18.0 Å². The minimum atomic E-state index is -4.81. The molecule has 1 amide bonds. The van der Waals surface area contributed by atoms with Crippen LogP contribution < -0.4 is 0 Å². The highest BCUT2D eigenvalue weighted by Gasteiger charge is 2.42. The van der Waals surface area contributed by atoms with E-state index < -0.39 is 18.2 Å². The summed E-state index contributed by atoms with van der Waals surface area (Å²) >= 11 is 0. The molecule has 0 bridgehead atoms. The van der Waals surface area contributed by atoms with Crippen molar-refractivity contribution in [1.82, 2.24) is 4.90 Å². The average molecular weight is 241 g/mol. The first-order chi connectivity index (χ1) is 7.18. The fourth-order valence-corrected chi connectivity index (χ4v) is 1.35. The molecule has 0 aliphatic heterocycles. The van der Waals surface area contributed by atoms with E-state index >= 15 is 0 Å². The highest BCUT2D eigenvalue weighted by atomic mass is 19.4. The van der Waals surface area contributed by atoms with Crippen LogP contribution in [0, 0.1) is 0 Å². The number of hydrogen-bond acceptors (Lipinski definition) is 2. The molecule has 0 heterocycles. The molecule has 3 nitrogen and oxygen atoms in total. The maximum Gasteiger partial charge on any atom is 0.471 e. The largest absolute Gasteiger partial charge is 0.471 e. The molecular formula is C10H18F3NO2. The Morgan fingerprint density at radius 2 is 1.81 bits per heavy atom. The highest BCUT2D eigenvalue weighted by molar-refractivity contribution is 5.81. The zero-order valence-corrected chi connectivity index (χ0v) is 9.97. The number of rotatable bonds is 5. The van der Waals surface area contributed by atoms with E-state index in [1.807, 2.05) is 0 Å². The maximum atomic E-state index is 12.2. The monoisotopic (exact) mass is 241 g/mol.